The number of fused-ring (bicyclic) bond motifs is 1. The Morgan fingerprint density at radius 2 is 1.87 bits per heavy atom. The largest absolute Gasteiger partial charge is 0.322 e. The number of aryl methyl sites for hydroxylation is 1. The minimum absolute atomic E-state index is 0.232. The summed E-state index contributed by atoms with van der Waals surface area (Å²) < 4.78 is 0. The summed E-state index contributed by atoms with van der Waals surface area (Å²) in [4.78, 5) is 31.0. The van der Waals surface area contributed by atoms with E-state index in [1.54, 1.807) is 30.5 Å². The van der Waals surface area contributed by atoms with Gasteiger partial charge in [-0.05, 0) is 61.1 Å². The van der Waals surface area contributed by atoms with Crippen molar-refractivity contribution in [3.8, 4) is 6.07 Å². The molecule has 2 N–H and O–H groups in total. The minimum Gasteiger partial charge on any atom is -0.322 e. The molecule has 0 unspecified atom stereocenters. The van der Waals surface area contributed by atoms with Crippen LogP contribution in [0.1, 0.15) is 49.6 Å². The van der Waals surface area contributed by atoms with Crippen molar-refractivity contribution in [2.24, 2.45) is 0 Å². The highest BCUT2D eigenvalue weighted by Crippen LogP contribution is 2.38. The van der Waals surface area contributed by atoms with Crippen molar-refractivity contribution < 1.29 is 9.59 Å². The summed E-state index contributed by atoms with van der Waals surface area (Å²) in [6.45, 7) is 0. The molecule has 2 aromatic heterocycles. The molecule has 0 bridgehead atoms. The lowest BCUT2D eigenvalue weighted by Gasteiger charge is -2.13. The predicted octanol–water partition coefficient (Wildman–Crippen LogP) is 4.59. The average Bonchev–Trinajstić information content (AvgIpc) is 3.14. The first-order valence-electron chi connectivity index (χ1n) is 9.79. The summed E-state index contributed by atoms with van der Waals surface area (Å²) in [5, 5.41) is 15.2. The third-order valence-corrected chi connectivity index (χ3v) is 6.25. The summed E-state index contributed by atoms with van der Waals surface area (Å²) in [7, 11) is 0. The summed E-state index contributed by atoms with van der Waals surface area (Å²) in [5.41, 5.74) is 3.58. The lowest BCUT2D eigenvalue weighted by Crippen LogP contribution is -2.18. The SMILES string of the molecule is N#CCc1ccc(NC(=O)c2c(NC(=O)c3cccnc3)sc3c2CCCC3)cc1. The number of benzene rings is 1. The molecule has 4 rings (SSSR count). The van der Waals surface area contributed by atoms with E-state index < -0.39 is 0 Å². The predicted molar refractivity (Wildman–Crippen MR) is 117 cm³/mol. The van der Waals surface area contributed by atoms with Gasteiger partial charge in [-0.3, -0.25) is 14.6 Å². The number of rotatable bonds is 5. The number of carbonyl (C=O) groups excluding carboxylic acids is 2. The number of thiophene rings is 1. The number of amides is 2. The van der Waals surface area contributed by atoms with Gasteiger partial charge < -0.3 is 10.6 Å². The van der Waals surface area contributed by atoms with Crippen LogP contribution in [-0.2, 0) is 19.3 Å². The van der Waals surface area contributed by atoms with E-state index in [1.165, 1.54) is 17.5 Å². The van der Waals surface area contributed by atoms with Crippen LogP contribution in [0.2, 0.25) is 0 Å². The monoisotopic (exact) mass is 416 g/mol. The van der Waals surface area contributed by atoms with Gasteiger partial charge in [-0.2, -0.15) is 5.26 Å². The third-order valence-electron chi connectivity index (χ3n) is 5.04. The lowest BCUT2D eigenvalue weighted by molar-refractivity contribution is 0.102. The van der Waals surface area contributed by atoms with E-state index in [0.29, 0.717) is 28.2 Å². The van der Waals surface area contributed by atoms with Crippen LogP contribution < -0.4 is 10.6 Å². The molecule has 2 heterocycles. The minimum atomic E-state index is -0.281. The fourth-order valence-corrected chi connectivity index (χ4v) is 4.84. The van der Waals surface area contributed by atoms with Gasteiger partial charge in [0.15, 0.2) is 0 Å². The van der Waals surface area contributed by atoms with Gasteiger partial charge in [0, 0.05) is 23.0 Å². The van der Waals surface area contributed by atoms with Gasteiger partial charge >= 0.3 is 0 Å². The van der Waals surface area contributed by atoms with Crippen LogP contribution in [0.4, 0.5) is 10.7 Å². The van der Waals surface area contributed by atoms with Crippen LogP contribution in [0.15, 0.2) is 48.8 Å². The van der Waals surface area contributed by atoms with Crippen molar-refractivity contribution in [2.75, 3.05) is 10.6 Å². The lowest BCUT2D eigenvalue weighted by atomic mass is 9.95. The number of anilines is 2. The van der Waals surface area contributed by atoms with Crippen LogP contribution >= 0.6 is 11.3 Å². The maximum atomic E-state index is 13.2. The zero-order valence-electron chi connectivity index (χ0n) is 16.3. The van der Waals surface area contributed by atoms with Gasteiger partial charge in [-0.25, -0.2) is 0 Å². The van der Waals surface area contributed by atoms with Crippen LogP contribution in [0, 0.1) is 11.3 Å². The number of hydrogen-bond donors (Lipinski definition) is 2. The van der Waals surface area contributed by atoms with Gasteiger partial charge in [-0.1, -0.05) is 12.1 Å². The van der Waals surface area contributed by atoms with Crippen LogP contribution in [-0.4, -0.2) is 16.8 Å². The number of nitriles is 1. The quantitative estimate of drug-likeness (QED) is 0.636. The van der Waals surface area contributed by atoms with Crippen molar-refractivity contribution in [1.29, 1.82) is 5.26 Å². The van der Waals surface area contributed by atoms with Gasteiger partial charge in [0.25, 0.3) is 11.8 Å². The number of nitrogens with zero attached hydrogens (tertiary/aromatic N) is 2. The first kappa shape index (κ1) is 19.8. The van der Waals surface area contributed by atoms with Gasteiger partial charge in [0.1, 0.15) is 5.00 Å². The smallest absolute Gasteiger partial charge is 0.258 e. The van der Waals surface area contributed by atoms with E-state index in [2.05, 4.69) is 21.7 Å². The summed E-state index contributed by atoms with van der Waals surface area (Å²) in [6.07, 6.45) is 7.32. The van der Waals surface area contributed by atoms with Gasteiger partial charge in [0.2, 0.25) is 0 Å². The average molecular weight is 417 g/mol. The molecule has 1 aliphatic rings. The van der Waals surface area contributed by atoms with Gasteiger partial charge in [0.05, 0.1) is 23.6 Å². The molecule has 0 radical (unpaired) electrons. The second-order valence-corrected chi connectivity index (χ2v) is 8.20. The normalized spacial score (nSPS) is 12.5. The molecule has 0 saturated carbocycles. The Hall–Kier alpha value is -3.50. The molecule has 0 fully saturated rings. The molecular formula is C23H20N4O2S. The van der Waals surface area contributed by atoms with Crippen molar-refractivity contribution in [3.05, 3.63) is 75.9 Å². The van der Waals surface area contributed by atoms with Crippen LogP contribution in [0.5, 0.6) is 0 Å². The molecule has 0 spiro atoms. The second kappa shape index (κ2) is 8.89. The Bertz CT molecular complexity index is 1110. The molecule has 30 heavy (non-hydrogen) atoms. The first-order chi connectivity index (χ1) is 14.7. The number of pyridine rings is 1. The second-order valence-electron chi connectivity index (χ2n) is 7.10. The number of nitrogens with one attached hydrogen (secondary N) is 2. The zero-order chi connectivity index (χ0) is 20.9. The fourth-order valence-electron chi connectivity index (χ4n) is 3.56. The highest BCUT2D eigenvalue weighted by atomic mass is 32.1. The molecule has 6 nitrogen and oxygen atoms in total. The van der Waals surface area contributed by atoms with E-state index in [4.69, 9.17) is 5.26 Å². The third kappa shape index (κ3) is 4.24. The Morgan fingerprint density at radius 3 is 2.60 bits per heavy atom. The number of carbonyl (C=O) groups is 2. The molecule has 1 aromatic carbocycles. The van der Waals surface area contributed by atoms with Crippen molar-refractivity contribution in [1.82, 2.24) is 4.98 Å². The van der Waals surface area contributed by atoms with Crippen molar-refractivity contribution >= 4 is 33.8 Å². The van der Waals surface area contributed by atoms with E-state index in [-0.39, 0.29) is 11.8 Å². The van der Waals surface area contributed by atoms with Crippen LogP contribution in [0.3, 0.4) is 0 Å². The molecular weight excluding hydrogens is 396 g/mol. The Morgan fingerprint density at radius 1 is 1.07 bits per heavy atom. The van der Waals surface area contributed by atoms with Gasteiger partial charge in [-0.15, -0.1) is 11.3 Å². The molecule has 1 aliphatic carbocycles. The molecule has 0 aliphatic heterocycles. The molecule has 3 aromatic rings. The maximum Gasteiger partial charge on any atom is 0.258 e. The Balaban J connectivity index is 1.61. The molecule has 0 atom stereocenters. The Labute approximate surface area is 178 Å². The molecule has 2 amide bonds. The summed E-state index contributed by atoms with van der Waals surface area (Å²) >= 11 is 1.48. The topological polar surface area (TPSA) is 94.9 Å². The molecule has 0 saturated heterocycles. The van der Waals surface area contributed by atoms with Crippen molar-refractivity contribution in [3.63, 3.8) is 0 Å². The zero-order valence-corrected chi connectivity index (χ0v) is 17.1. The van der Waals surface area contributed by atoms with E-state index in [1.807, 2.05) is 12.1 Å². The number of hydrogen-bond acceptors (Lipinski definition) is 5. The standard InChI is InChI=1S/C23H20N4O2S/c24-12-11-15-7-9-17(10-8-15)26-22(29)20-18-5-1-2-6-19(18)30-23(20)27-21(28)16-4-3-13-25-14-16/h3-4,7-10,13-14H,1-2,5-6,11H2,(H,26,29)(H,27,28). The summed E-state index contributed by atoms with van der Waals surface area (Å²) in [5.74, 6) is -0.513. The van der Waals surface area contributed by atoms with E-state index >= 15 is 0 Å². The highest BCUT2D eigenvalue weighted by Gasteiger charge is 2.26. The fraction of sp³-hybridized carbons (Fsp3) is 0.217. The van der Waals surface area contributed by atoms with Crippen molar-refractivity contribution in [2.45, 2.75) is 32.1 Å². The molecule has 7 heteroatoms. The number of aromatic nitrogens is 1. The Kier molecular flexibility index (Phi) is 5.87. The van der Waals surface area contributed by atoms with Crippen LogP contribution in [0.25, 0.3) is 0 Å². The van der Waals surface area contributed by atoms with E-state index in [0.717, 1.165) is 41.7 Å². The highest BCUT2D eigenvalue weighted by molar-refractivity contribution is 7.17. The van der Waals surface area contributed by atoms with E-state index in [9.17, 15) is 9.59 Å². The maximum absolute atomic E-state index is 13.2. The first-order valence-corrected chi connectivity index (χ1v) is 10.6. The molecule has 150 valence electrons. The summed E-state index contributed by atoms with van der Waals surface area (Å²) in [6, 6.07) is 12.7.